The number of pyridine rings is 1. The van der Waals surface area contributed by atoms with Gasteiger partial charge in [-0.15, -0.1) is 0 Å². The number of rotatable bonds is 3. The van der Waals surface area contributed by atoms with E-state index in [2.05, 4.69) is 10.3 Å². The first-order valence-electron chi connectivity index (χ1n) is 7.49. The highest BCUT2D eigenvalue weighted by molar-refractivity contribution is 5.95. The first-order valence-corrected chi connectivity index (χ1v) is 7.49. The van der Waals surface area contributed by atoms with E-state index in [1.54, 1.807) is 0 Å². The van der Waals surface area contributed by atoms with Crippen molar-refractivity contribution in [3.63, 3.8) is 0 Å². The molecular formula is C17H15F3N2O2. The number of carbonyl (C=O) groups is 1. The number of benzene rings is 1. The minimum atomic E-state index is -4.67. The number of hydrogen-bond donors (Lipinski definition) is 1. The summed E-state index contributed by atoms with van der Waals surface area (Å²) in [6, 6.07) is 9.90. The third kappa shape index (κ3) is 3.34. The predicted molar refractivity (Wildman–Crippen MR) is 80.9 cm³/mol. The molecule has 1 N–H and O–H groups in total. The number of nitrogens with one attached hydrogen (secondary N) is 1. The monoisotopic (exact) mass is 336 g/mol. The van der Waals surface area contributed by atoms with Crippen molar-refractivity contribution in [1.29, 1.82) is 0 Å². The first kappa shape index (κ1) is 16.3. The lowest BCUT2D eigenvalue weighted by Crippen LogP contribution is -2.32. The minimum absolute atomic E-state index is 0.00454. The van der Waals surface area contributed by atoms with E-state index in [4.69, 9.17) is 4.74 Å². The maximum absolute atomic E-state index is 12.9. The average molecular weight is 336 g/mol. The summed E-state index contributed by atoms with van der Waals surface area (Å²) in [6.07, 6.45) is -2.95. The molecule has 126 valence electrons. The molecule has 1 aromatic heterocycles. The summed E-state index contributed by atoms with van der Waals surface area (Å²) in [5.74, 6) is -0.0235. The molecule has 1 aliphatic rings. The van der Waals surface area contributed by atoms with E-state index in [1.165, 1.54) is 6.07 Å². The van der Waals surface area contributed by atoms with Gasteiger partial charge in [-0.05, 0) is 30.2 Å². The molecule has 0 bridgehead atoms. The Bertz CT molecular complexity index is 747. The number of alkyl halides is 3. The van der Waals surface area contributed by atoms with Crippen LogP contribution in [-0.4, -0.2) is 24.0 Å². The fourth-order valence-electron chi connectivity index (χ4n) is 2.75. The van der Waals surface area contributed by atoms with Crippen LogP contribution in [0, 0.1) is 0 Å². The van der Waals surface area contributed by atoms with E-state index in [0.717, 1.165) is 23.6 Å². The van der Waals surface area contributed by atoms with Crippen LogP contribution >= 0.6 is 0 Å². The quantitative estimate of drug-likeness (QED) is 0.935. The smallest absolute Gasteiger partial charge is 0.434 e. The van der Waals surface area contributed by atoms with Gasteiger partial charge in [0, 0.05) is 18.7 Å². The van der Waals surface area contributed by atoms with Gasteiger partial charge in [0.1, 0.15) is 5.75 Å². The summed E-state index contributed by atoms with van der Waals surface area (Å²) >= 11 is 0. The van der Waals surface area contributed by atoms with Gasteiger partial charge >= 0.3 is 6.18 Å². The fourth-order valence-corrected chi connectivity index (χ4v) is 2.75. The summed E-state index contributed by atoms with van der Waals surface area (Å²) in [4.78, 5) is 15.5. The summed E-state index contributed by atoms with van der Waals surface area (Å²) in [5.41, 5.74) is -0.688. The number of nitrogens with zero attached hydrogens (tertiary/aromatic N) is 1. The Hall–Kier alpha value is -2.57. The third-order valence-corrected chi connectivity index (χ3v) is 3.91. The first-order chi connectivity index (χ1) is 11.5. The number of hydrogen-bond acceptors (Lipinski definition) is 3. The van der Waals surface area contributed by atoms with Crippen molar-refractivity contribution >= 4 is 5.91 Å². The number of fused-ring (bicyclic) bond motifs is 1. The van der Waals surface area contributed by atoms with Crippen molar-refractivity contribution in [2.24, 2.45) is 0 Å². The zero-order valence-corrected chi connectivity index (χ0v) is 12.6. The van der Waals surface area contributed by atoms with Crippen LogP contribution in [0.3, 0.4) is 0 Å². The second kappa shape index (κ2) is 6.51. The molecule has 24 heavy (non-hydrogen) atoms. The Labute approximate surface area is 136 Å². The van der Waals surface area contributed by atoms with Gasteiger partial charge in [-0.1, -0.05) is 18.2 Å². The molecule has 1 aromatic carbocycles. The van der Waals surface area contributed by atoms with E-state index < -0.39 is 23.3 Å². The molecule has 0 saturated carbocycles. The van der Waals surface area contributed by atoms with Gasteiger partial charge in [0.15, 0.2) is 5.69 Å². The van der Waals surface area contributed by atoms with Crippen LogP contribution in [0.4, 0.5) is 13.2 Å². The maximum Gasteiger partial charge on any atom is 0.434 e. The van der Waals surface area contributed by atoms with E-state index in [1.807, 2.05) is 24.3 Å². The van der Waals surface area contributed by atoms with Gasteiger partial charge in [0.2, 0.25) is 0 Å². The standard InChI is InChI=1S/C17H15F3N2O2/c18-17(19,20)15-13(5-3-8-21-15)16(23)22-10-11-7-9-24-14-6-2-1-4-12(11)14/h1-6,8,11H,7,9-10H2,(H,22,23)/t11-/m1/s1. The van der Waals surface area contributed by atoms with Gasteiger partial charge < -0.3 is 10.1 Å². The molecule has 0 spiro atoms. The Morgan fingerprint density at radius 3 is 2.83 bits per heavy atom. The largest absolute Gasteiger partial charge is 0.493 e. The van der Waals surface area contributed by atoms with E-state index in [9.17, 15) is 18.0 Å². The predicted octanol–water partition coefficient (Wildman–Crippen LogP) is 3.40. The van der Waals surface area contributed by atoms with Crippen LogP contribution in [0.1, 0.15) is 34.0 Å². The van der Waals surface area contributed by atoms with Crippen molar-refractivity contribution in [3.8, 4) is 5.75 Å². The van der Waals surface area contributed by atoms with Gasteiger partial charge in [-0.3, -0.25) is 9.78 Å². The van der Waals surface area contributed by atoms with Crippen LogP contribution in [0.15, 0.2) is 42.6 Å². The molecule has 0 aliphatic carbocycles. The molecule has 0 unspecified atom stereocenters. The molecule has 0 radical (unpaired) electrons. The molecule has 1 aliphatic heterocycles. The number of carbonyl (C=O) groups excluding carboxylic acids is 1. The molecule has 3 rings (SSSR count). The zero-order chi connectivity index (χ0) is 17.2. The van der Waals surface area contributed by atoms with Crippen molar-refractivity contribution < 1.29 is 22.7 Å². The van der Waals surface area contributed by atoms with Gasteiger partial charge in [-0.2, -0.15) is 13.2 Å². The molecule has 2 heterocycles. The molecule has 1 amide bonds. The Kier molecular flexibility index (Phi) is 4.42. The van der Waals surface area contributed by atoms with Crippen molar-refractivity contribution in [2.45, 2.75) is 18.5 Å². The highest BCUT2D eigenvalue weighted by Crippen LogP contribution is 2.33. The highest BCUT2D eigenvalue weighted by Gasteiger charge is 2.37. The highest BCUT2D eigenvalue weighted by atomic mass is 19.4. The Morgan fingerprint density at radius 2 is 2.04 bits per heavy atom. The van der Waals surface area contributed by atoms with Crippen molar-refractivity contribution in [1.82, 2.24) is 10.3 Å². The van der Waals surface area contributed by atoms with Gasteiger partial charge in [0.25, 0.3) is 5.91 Å². The lowest BCUT2D eigenvalue weighted by atomic mass is 9.93. The Balaban J connectivity index is 1.74. The third-order valence-electron chi connectivity index (χ3n) is 3.91. The number of ether oxygens (including phenoxy) is 1. The van der Waals surface area contributed by atoms with Crippen LogP contribution in [0.2, 0.25) is 0 Å². The Morgan fingerprint density at radius 1 is 1.25 bits per heavy atom. The van der Waals surface area contributed by atoms with Crippen LogP contribution in [0.25, 0.3) is 0 Å². The second-order valence-corrected chi connectivity index (χ2v) is 5.48. The lowest BCUT2D eigenvalue weighted by molar-refractivity contribution is -0.141. The van der Waals surface area contributed by atoms with E-state index in [-0.39, 0.29) is 12.5 Å². The van der Waals surface area contributed by atoms with Crippen LogP contribution < -0.4 is 10.1 Å². The molecule has 1 atom stereocenters. The summed E-state index contributed by atoms with van der Waals surface area (Å²) in [5, 5.41) is 2.59. The fraction of sp³-hybridized carbons (Fsp3) is 0.294. The second-order valence-electron chi connectivity index (χ2n) is 5.48. The van der Waals surface area contributed by atoms with Crippen LogP contribution in [0.5, 0.6) is 5.75 Å². The molecule has 2 aromatic rings. The summed E-state index contributed by atoms with van der Waals surface area (Å²) < 4.78 is 44.4. The number of aromatic nitrogens is 1. The lowest BCUT2D eigenvalue weighted by Gasteiger charge is -2.26. The molecule has 0 saturated heterocycles. The molecule has 7 heteroatoms. The van der Waals surface area contributed by atoms with E-state index >= 15 is 0 Å². The number of halogens is 3. The van der Waals surface area contributed by atoms with Crippen LogP contribution in [-0.2, 0) is 6.18 Å². The number of para-hydroxylation sites is 1. The maximum atomic E-state index is 12.9. The molecule has 4 nitrogen and oxygen atoms in total. The molecule has 0 fully saturated rings. The SMILES string of the molecule is O=C(NC[C@H]1CCOc2ccccc21)c1cccnc1C(F)(F)F. The van der Waals surface area contributed by atoms with Gasteiger partial charge in [0.05, 0.1) is 12.2 Å². The van der Waals surface area contributed by atoms with Crippen molar-refractivity contribution in [3.05, 3.63) is 59.4 Å². The number of amides is 1. The normalized spacial score (nSPS) is 16.9. The minimum Gasteiger partial charge on any atom is -0.493 e. The molecular weight excluding hydrogens is 321 g/mol. The summed E-state index contributed by atoms with van der Waals surface area (Å²) in [7, 11) is 0. The van der Waals surface area contributed by atoms with Crippen molar-refractivity contribution in [2.75, 3.05) is 13.2 Å². The van der Waals surface area contributed by atoms with E-state index in [0.29, 0.717) is 13.0 Å². The summed E-state index contributed by atoms with van der Waals surface area (Å²) in [6.45, 7) is 0.754. The topological polar surface area (TPSA) is 51.2 Å². The zero-order valence-electron chi connectivity index (χ0n) is 12.6. The van der Waals surface area contributed by atoms with Gasteiger partial charge in [-0.25, -0.2) is 0 Å². The average Bonchev–Trinajstić information content (AvgIpc) is 2.59.